The van der Waals surface area contributed by atoms with Crippen molar-refractivity contribution >= 4 is 21.8 Å². The second-order valence-corrected chi connectivity index (χ2v) is 6.71. The summed E-state index contributed by atoms with van der Waals surface area (Å²) in [7, 11) is 0. The van der Waals surface area contributed by atoms with Gasteiger partial charge in [-0.3, -0.25) is 9.48 Å². The molecule has 6 heteroatoms. The number of hydrogen-bond acceptors (Lipinski definition) is 3. The Labute approximate surface area is 161 Å². The van der Waals surface area contributed by atoms with E-state index < -0.39 is 0 Å². The third kappa shape index (κ3) is 4.95. The van der Waals surface area contributed by atoms with Gasteiger partial charge in [-0.25, -0.2) is 0 Å². The van der Waals surface area contributed by atoms with Gasteiger partial charge in [0.1, 0.15) is 12.4 Å². The van der Waals surface area contributed by atoms with Crippen molar-refractivity contribution in [2.45, 2.75) is 26.6 Å². The first-order valence-corrected chi connectivity index (χ1v) is 9.21. The van der Waals surface area contributed by atoms with Gasteiger partial charge in [-0.1, -0.05) is 34.1 Å². The van der Waals surface area contributed by atoms with Crippen LogP contribution in [0.5, 0.6) is 5.75 Å². The van der Waals surface area contributed by atoms with Crippen LogP contribution in [0.15, 0.2) is 65.3 Å². The second kappa shape index (κ2) is 8.67. The SMILES string of the molecule is CCn1ccc(CNC(=O)c2cccc(COc3cccc(Br)c3)c2)n1. The number of halogens is 1. The lowest BCUT2D eigenvalue weighted by Gasteiger charge is -2.08. The van der Waals surface area contributed by atoms with Gasteiger partial charge in [-0.15, -0.1) is 0 Å². The number of carbonyl (C=O) groups excluding carboxylic acids is 1. The maximum atomic E-state index is 12.4. The first-order chi connectivity index (χ1) is 12.6. The van der Waals surface area contributed by atoms with E-state index in [9.17, 15) is 4.79 Å². The van der Waals surface area contributed by atoms with Gasteiger partial charge >= 0.3 is 0 Å². The minimum atomic E-state index is -0.125. The largest absolute Gasteiger partial charge is 0.489 e. The second-order valence-electron chi connectivity index (χ2n) is 5.79. The van der Waals surface area contributed by atoms with E-state index in [1.54, 1.807) is 6.07 Å². The minimum absolute atomic E-state index is 0.125. The molecule has 26 heavy (non-hydrogen) atoms. The van der Waals surface area contributed by atoms with Gasteiger partial charge in [0.15, 0.2) is 0 Å². The zero-order valence-corrected chi connectivity index (χ0v) is 16.1. The number of carbonyl (C=O) groups is 1. The molecule has 3 aromatic rings. The molecule has 0 fully saturated rings. The van der Waals surface area contributed by atoms with E-state index in [0.29, 0.717) is 18.7 Å². The average Bonchev–Trinajstić information content (AvgIpc) is 3.13. The number of aromatic nitrogens is 2. The van der Waals surface area contributed by atoms with Crippen molar-refractivity contribution in [2.24, 2.45) is 0 Å². The van der Waals surface area contributed by atoms with E-state index >= 15 is 0 Å². The Kier molecular flexibility index (Phi) is 6.07. The van der Waals surface area contributed by atoms with Crippen molar-refractivity contribution in [2.75, 3.05) is 0 Å². The fourth-order valence-corrected chi connectivity index (χ4v) is 2.85. The van der Waals surface area contributed by atoms with Gasteiger partial charge in [0.2, 0.25) is 0 Å². The molecule has 1 amide bonds. The van der Waals surface area contributed by atoms with E-state index in [2.05, 4.69) is 26.3 Å². The molecule has 1 N–H and O–H groups in total. The number of amides is 1. The zero-order valence-electron chi connectivity index (χ0n) is 14.5. The van der Waals surface area contributed by atoms with E-state index in [-0.39, 0.29) is 5.91 Å². The fraction of sp³-hybridized carbons (Fsp3) is 0.200. The lowest BCUT2D eigenvalue weighted by molar-refractivity contribution is 0.0950. The first-order valence-electron chi connectivity index (χ1n) is 8.42. The van der Waals surface area contributed by atoms with Crippen LogP contribution in [0.3, 0.4) is 0 Å². The van der Waals surface area contributed by atoms with E-state index in [1.165, 1.54) is 0 Å². The Morgan fingerprint density at radius 1 is 1.19 bits per heavy atom. The van der Waals surface area contributed by atoms with Gasteiger partial charge in [-0.2, -0.15) is 5.10 Å². The highest BCUT2D eigenvalue weighted by Gasteiger charge is 2.08. The Hall–Kier alpha value is -2.60. The summed E-state index contributed by atoms with van der Waals surface area (Å²) in [6.45, 7) is 3.65. The lowest BCUT2D eigenvalue weighted by atomic mass is 10.1. The number of ether oxygens (including phenoxy) is 1. The predicted octanol–water partition coefficient (Wildman–Crippen LogP) is 4.17. The molecular formula is C20H20BrN3O2. The van der Waals surface area contributed by atoms with Crippen molar-refractivity contribution in [3.8, 4) is 5.75 Å². The summed E-state index contributed by atoms with van der Waals surface area (Å²) in [5, 5.41) is 7.26. The van der Waals surface area contributed by atoms with Crippen LogP contribution in [0.4, 0.5) is 0 Å². The number of hydrogen-bond donors (Lipinski definition) is 1. The van der Waals surface area contributed by atoms with Crippen LogP contribution >= 0.6 is 15.9 Å². The summed E-state index contributed by atoms with van der Waals surface area (Å²) in [6, 6.07) is 17.0. The molecule has 134 valence electrons. The van der Waals surface area contributed by atoms with Gasteiger partial charge in [-0.05, 0) is 48.9 Å². The predicted molar refractivity (Wildman–Crippen MR) is 104 cm³/mol. The van der Waals surface area contributed by atoms with Crippen LogP contribution < -0.4 is 10.1 Å². The smallest absolute Gasteiger partial charge is 0.251 e. The quantitative estimate of drug-likeness (QED) is 0.631. The average molecular weight is 414 g/mol. The Morgan fingerprint density at radius 2 is 2.04 bits per heavy atom. The van der Waals surface area contributed by atoms with E-state index in [1.807, 2.05) is 66.3 Å². The normalized spacial score (nSPS) is 10.5. The van der Waals surface area contributed by atoms with Gasteiger partial charge in [0.05, 0.1) is 12.2 Å². The molecule has 1 aromatic heterocycles. The van der Waals surface area contributed by atoms with Crippen LogP contribution in [0.2, 0.25) is 0 Å². The fourth-order valence-electron chi connectivity index (χ4n) is 2.47. The molecule has 3 rings (SSSR count). The maximum Gasteiger partial charge on any atom is 0.251 e. The standard InChI is InChI=1S/C20H20BrN3O2/c1-2-24-10-9-18(23-24)13-22-20(25)16-6-3-5-15(11-16)14-26-19-8-4-7-17(21)12-19/h3-12H,2,13-14H2,1H3,(H,22,25). The van der Waals surface area contributed by atoms with Crippen molar-refractivity contribution < 1.29 is 9.53 Å². The molecule has 0 unspecified atom stereocenters. The molecule has 0 bridgehead atoms. The summed E-state index contributed by atoms with van der Waals surface area (Å²) >= 11 is 3.42. The zero-order chi connectivity index (χ0) is 18.4. The number of benzene rings is 2. The summed E-state index contributed by atoms with van der Waals surface area (Å²) in [5.74, 6) is 0.654. The van der Waals surface area contributed by atoms with Crippen LogP contribution in [-0.2, 0) is 19.7 Å². The monoisotopic (exact) mass is 413 g/mol. The van der Waals surface area contributed by atoms with Crippen LogP contribution in [0.1, 0.15) is 28.5 Å². The van der Waals surface area contributed by atoms with Crippen LogP contribution in [0, 0.1) is 0 Å². The topological polar surface area (TPSA) is 56.2 Å². The Morgan fingerprint density at radius 3 is 2.81 bits per heavy atom. The van der Waals surface area contributed by atoms with Crippen molar-refractivity contribution in [3.63, 3.8) is 0 Å². The molecule has 0 aliphatic carbocycles. The molecule has 0 saturated carbocycles. The van der Waals surface area contributed by atoms with Crippen molar-refractivity contribution in [1.29, 1.82) is 0 Å². The lowest BCUT2D eigenvalue weighted by Crippen LogP contribution is -2.23. The highest BCUT2D eigenvalue weighted by Crippen LogP contribution is 2.19. The number of nitrogens with zero attached hydrogens (tertiary/aromatic N) is 2. The van der Waals surface area contributed by atoms with E-state index in [4.69, 9.17) is 4.74 Å². The molecule has 0 saturated heterocycles. The minimum Gasteiger partial charge on any atom is -0.489 e. The third-order valence-electron chi connectivity index (χ3n) is 3.84. The molecule has 1 heterocycles. The summed E-state index contributed by atoms with van der Waals surface area (Å²) < 4.78 is 8.58. The Balaban J connectivity index is 1.58. The molecule has 5 nitrogen and oxygen atoms in total. The van der Waals surface area contributed by atoms with Crippen LogP contribution in [-0.4, -0.2) is 15.7 Å². The molecule has 0 radical (unpaired) electrons. The molecule has 0 atom stereocenters. The first kappa shape index (κ1) is 18.2. The summed E-state index contributed by atoms with van der Waals surface area (Å²) in [5.41, 5.74) is 2.39. The van der Waals surface area contributed by atoms with E-state index in [0.717, 1.165) is 28.0 Å². The third-order valence-corrected chi connectivity index (χ3v) is 4.33. The number of aryl methyl sites for hydroxylation is 1. The molecule has 0 aliphatic rings. The van der Waals surface area contributed by atoms with Gasteiger partial charge in [0.25, 0.3) is 5.91 Å². The number of nitrogens with one attached hydrogen (secondary N) is 1. The summed E-state index contributed by atoms with van der Waals surface area (Å²) in [4.78, 5) is 12.4. The highest BCUT2D eigenvalue weighted by atomic mass is 79.9. The molecule has 2 aromatic carbocycles. The number of rotatable bonds is 7. The van der Waals surface area contributed by atoms with Crippen molar-refractivity contribution in [3.05, 3.63) is 82.1 Å². The maximum absolute atomic E-state index is 12.4. The highest BCUT2D eigenvalue weighted by molar-refractivity contribution is 9.10. The van der Waals surface area contributed by atoms with Crippen molar-refractivity contribution in [1.82, 2.24) is 15.1 Å². The molecular weight excluding hydrogens is 394 g/mol. The Bertz CT molecular complexity index is 892. The molecule has 0 spiro atoms. The molecule has 0 aliphatic heterocycles. The van der Waals surface area contributed by atoms with Crippen LogP contribution in [0.25, 0.3) is 0 Å². The van der Waals surface area contributed by atoms with Gasteiger partial charge in [0, 0.05) is 22.8 Å². The summed E-state index contributed by atoms with van der Waals surface area (Å²) in [6.07, 6.45) is 1.90. The van der Waals surface area contributed by atoms with Gasteiger partial charge < -0.3 is 10.1 Å².